The molecule has 1 saturated heterocycles. The summed E-state index contributed by atoms with van der Waals surface area (Å²) >= 11 is 0. The number of methoxy groups -OCH3 is 1. The van der Waals surface area contributed by atoms with Gasteiger partial charge in [-0.1, -0.05) is 57.4 Å². The molecule has 5 heteroatoms. The summed E-state index contributed by atoms with van der Waals surface area (Å²) in [5.74, 6) is -1.46. The van der Waals surface area contributed by atoms with Crippen LogP contribution in [-0.4, -0.2) is 36.5 Å². The maximum absolute atomic E-state index is 13.6. The van der Waals surface area contributed by atoms with Gasteiger partial charge in [0.1, 0.15) is 6.10 Å². The van der Waals surface area contributed by atoms with E-state index in [-0.39, 0.29) is 30.0 Å². The van der Waals surface area contributed by atoms with Gasteiger partial charge in [-0.05, 0) is 18.8 Å². The van der Waals surface area contributed by atoms with Crippen LogP contribution in [0, 0.1) is 5.92 Å². The zero-order chi connectivity index (χ0) is 19.9. The molecule has 0 radical (unpaired) electrons. The highest BCUT2D eigenvalue weighted by molar-refractivity contribution is 6.20. The molecule has 3 atom stereocenters. The summed E-state index contributed by atoms with van der Waals surface area (Å²) in [6.07, 6.45) is 5.45. The van der Waals surface area contributed by atoms with Gasteiger partial charge in [-0.2, -0.15) is 0 Å². The largest absolute Gasteiger partial charge is 0.371 e. The molecule has 5 nitrogen and oxygen atoms in total. The van der Waals surface area contributed by atoms with Gasteiger partial charge in [0.05, 0.1) is 6.10 Å². The van der Waals surface area contributed by atoms with E-state index in [9.17, 15) is 9.59 Å². The maximum atomic E-state index is 13.6. The maximum Gasteiger partial charge on any atom is 0.218 e. The standard InChI is InChI=1S/C23H30O5/c1-15(2)13-19(24)23-20(27-16-9-5-4-6-10-16)14-22(26-3,28-23)18-12-8-7-11-17(18)21(23)25/h7-8,11-12,15-16,20H,4-6,9-10,13-14H2,1-3H3/t20-,22-,23+/m0/s1. The monoisotopic (exact) mass is 386 g/mol. The Kier molecular flexibility index (Phi) is 5.19. The first-order valence-corrected chi connectivity index (χ1v) is 10.5. The van der Waals surface area contributed by atoms with Gasteiger partial charge in [-0.25, -0.2) is 0 Å². The SMILES string of the molecule is CO[C@@]12C[C@H](OC3CCCCC3)[C@@](C(=O)CC(C)C)(O1)C(=O)c1ccccc12. The van der Waals surface area contributed by atoms with E-state index in [1.165, 1.54) is 6.42 Å². The zero-order valence-electron chi connectivity index (χ0n) is 17.0. The third-order valence-corrected chi connectivity index (χ3v) is 6.40. The predicted molar refractivity (Wildman–Crippen MR) is 104 cm³/mol. The summed E-state index contributed by atoms with van der Waals surface area (Å²) in [6.45, 7) is 3.95. The fourth-order valence-electron chi connectivity index (χ4n) is 5.02. The van der Waals surface area contributed by atoms with Crippen LogP contribution in [0.3, 0.4) is 0 Å². The van der Waals surface area contributed by atoms with E-state index in [1.54, 1.807) is 13.2 Å². The number of ether oxygens (including phenoxy) is 3. The number of carbonyl (C=O) groups is 2. The number of carbonyl (C=O) groups excluding carboxylic acids is 2. The number of hydrogen-bond acceptors (Lipinski definition) is 5. The summed E-state index contributed by atoms with van der Waals surface area (Å²) in [7, 11) is 1.58. The molecule has 1 aromatic rings. The average molecular weight is 386 g/mol. The number of hydrogen-bond donors (Lipinski definition) is 0. The van der Waals surface area contributed by atoms with Crippen molar-refractivity contribution in [2.45, 2.75) is 82.4 Å². The van der Waals surface area contributed by atoms with Crippen LogP contribution in [-0.2, 0) is 24.8 Å². The Bertz CT molecular complexity index is 766. The fraction of sp³-hybridized carbons (Fsp3) is 0.652. The van der Waals surface area contributed by atoms with E-state index in [0.717, 1.165) is 25.7 Å². The van der Waals surface area contributed by atoms with Crippen molar-refractivity contribution < 1.29 is 23.8 Å². The van der Waals surface area contributed by atoms with E-state index in [2.05, 4.69) is 0 Å². The molecule has 0 aromatic heterocycles. The van der Waals surface area contributed by atoms with Gasteiger partial charge >= 0.3 is 0 Å². The molecule has 1 aromatic carbocycles. The molecule has 3 aliphatic rings. The molecule has 28 heavy (non-hydrogen) atoms. The van der Waals surface area contributed by atoms with Gasteiger partial charge in [0, 0.05) is 31.1 Å². The van der Waals surface area contributed by atoms with Gasteiger partial charge in [-0.3, -0.25) is 9.59 Å². The van der Waals surface area contributed by atoms with Crippen LogP contribution in [0.25, 0.3) is 0 Å². The Balaban J connectivity index is 1.79. The molecule has 0 unspecified atom stereocenters. The Labute approximate surface area is 166 Å². The number of rotatable bonds is 6. The van der Waals surface area contributed by atoms with Gasteiger partial charge in [0.25, 0.3) is 0 Å². The quantitative estimate of drug-likeness (QED) is 0.687. The predicted octanol–water partition coefficient (Wildman–Crippen LogP) is 4.17. The molecule has 1 saturated carbocycles. The van der Waals surface area contributed by atoms with Crippen molar-refractivity contribution in [3.05, 3.63) is 35.4 Å². The third-order valence-electron chi connectivity index (χ3n) is 6.40. The second-order valence-corrected chi connectivity index (χ2v) is 8.78. The molecule has 2 aliphatic heterocycles. The van der Waals surface area contributed by atoms with Crippen LogP contribution in [0.2, 0.25) is 0 Å². The smallest absolute Gasteiger partial charge is 0.218 e. The van der Waals surface area contributed by atoms with Crippen LogP contribution < -0.4 is 0 Å². The van der Waals surface area contributed by atoms with Gasteiger partial charge in [0.2, 0.25) is 11.4 Å². The molecule has 2 fully saturated rings. The Hall–Kier alpha value is -1.56. The minimum Gasteiger partial charge on any atom is -0.371 e. The van der Waals surface area contributed by atoms with Crippen LogP contribution in [0.1, 0.15) is 74.7 Å². The summed E-state index contributed by atoms with van der Waals surface area (Å²) in [6, 6.07) is 7.32. The second-order valence-electron chi connectivity index (χ2n) is 8.78. The van der Waals surface area contributed by atoms with E-state index in [0.29, 0.717) is 17.5 Å². The number of benzene rings is 1. The molecular formula is C23H30O5. The van der Waals surface area contributed by atoms with Crippen LogP contribution >= 0.6 is 0 Å². The van der Waals surface area contributed by atoms with E-state index in [1.807, 2.05) is 32.0 Å². The molecule has 0 amide bonds. The lowest BCUT2D eigenvalue weighted by molar-refractivity contribution is -0.240. The molecule has 4 rings (SSSR count). The van der Waals surface area contributed by atoms with Crippen molar-refractivity contribution in [2.75, 3.05) is 7.11 Å². The lowest BCUT2D eigenvalue weighted by Crippen LogP contribution is -2.58. The van der Waals surface area contributed by atoms with Crippen LogP contribution in [0.4, 0.5) is 0 Å². The lowest BCUT2D eigenvalue weighted by Gasteiger charge is -2.39. The van der Waals surface area contributed by atoms with E-state index < -0.39 is 17.5 Å². The number of ketones is 2. The topological polar surface area (TPSA) is 61.8 Å². The van der Waals surface area contributed by atoms with Crippen molar-refractivity contribution in [3.63, 3.8) is 0 Å². The summed E-state index contributed by atoms with van der Waals surface area (Å²) < 4.78 is 18.6. The van der Waals surface area contributed by atoms with E-state index in [4.69, 9.17) is 14.2 Å². The molecule has 0 N–H and O–H groups in total. The average Bonchev–Trinajstić information content (AvgIpc) is 3.00. The summed E-state index contributed by atoms with van der Waals surface area (Å²) in [5, 5.41) is 0. The zero-order valence-corrected chi connectivity index (χ0v) is 17.0. The van der Waals surface area contributed by atoms with Crippen LogP contribution in [0.5, 0.6) is 0 Å². The first-order valence-electron chi connectivity index (χ1n) is 10.5. The minimum absolute atomic E-state index is 0.0650. The Morgan fingerprint density at radius 1 is 1.21 bits per heavy atom. The second kappa shape index (κ2) is 7.36. The highest BCUT2D eigenvalue weighted by Gasteiger charge is 2.69. The first-order chi connectivity index (χ1) is 13.4. The molecule has 2 bridgehead atoms. The first kappa shape index (κ1) is 19.7. The summed E-state index contributed by atoms with van der Waals surface area (Å²) in [4.78, 5) is 27.1. The highest BCUT2D eigenvalue weighted by Crippen LogP contribution is 2.54. The number of fused-ring (bicyclic) bond motifs is 4. The fourth-order valence-corrected chi connectivity index (χ4v) is 5.02. The lowest BCUT2D eigenvalue weighted by atomic mass is 9.80. The van der Waals surface area contributed by atoms with Crippen molar-refractivity contribution in [2.24, 2.45) is 5.92 Å². The Morgan fingerprint density at radius 2 is 1.93 bits per heavy atom. The highest BCUT2D eigenvalue weighted by atomic mass is 16.7. The van der Waals surface area contributed by atoms with Gasteiger partial charge in [-0.15, -0.1) is 0 Å². The van der Waals surface area contributed by atoms with Crippen molar-refractivity contribution in [1.82, 2.24) is 0 Å². The molecule has 1 aliphatic carbocycles. The Morgan fingerprint density at radius 3 is 2.61 bits per heavy atom. The van der Waals surface area contributed by atoms with Crippen molar-refractivity contribution in [1.29, 1.82) is 0 Å². The van der Waals surface area contributed by atoms with E-state index >= 15 is 0 Å². The van der Waals surface area contributed by atoms with Gasteiger partial charge < -0.3 is 14.2 Å². The summed E-state index contributed by atoms with van der Waals surface area (Å²) in [5.41, 5.74) is -0.390. The van der Waals surface area contributed by atoms with Crippen LogP contribution in [0.15, 0.2) is 24.3 Å². The van der Waals surface area contributed by atoms with Gasteiger partial charge in [0.15, 0.2) is 11.6 Å². The normalized spacial score (nSPS) is 32.6. The molecule has 0 spiro atoms. The minimum atomic E-state index is -1.61. The van der Waals surface area contributed by atoms with Crippen molar-refractivity contribution >= 4 is 11.6 Å². The molecule has 2 heterocycles. The molecule has 152 valence electrons. The third kappa shape index (κ3) is 2.95. The number of Topliss-reactive ketones (excluding diaryl/α,β-unsaturated/α-hetero) is 2. The van der Waals surface area contributed by atoms with Crippen molar-refractivity contribution in [3.8, 4) is 0 Å². The molecular weight excluding hydrogens is 356 g/mol.